The van der Waals surface area contributed by atoms with E-state index < -0.39 is 5.97 Å². The summed E-state index contributed by atoms with van der Waals surface area (Å²) in [4.78, 5) is 13.4. The lowest BCUT2D eigenvalue weighted by atomic mass is 10.1. The average Bonchev–Trinajstić information content (AvgIpc) is 3.02. The molecule has 2 rings (SSSR count). The molecule has 0 aliphatic heterocycles. The molecule has 20 heavy (non-hydrogen) atoms. The molecule has 1 heterocycles. The van der Waals surface area contributed by atoms with Gasteiger partial charge in [0.2, 0.25) is 0 Å². The standard InChI is InChI=1S/C15H24N2O3/c1-10(15(18)19)8-17(13-6-4-5-7-13)9-14-11(2)16-20-12(14)3/h10,13H,4-9H2,1-3H3,(H,18,19). The molecule has 5 nitrogen and oxygen atoms in total. The average molecular weight is 280 g/mol. The van der Waals surface area contributed by atoms with E-state index in [1.54, 1.807) is 6.92 Å². The van der Waals surface area contributed by atoms with Gasteiger partial charge in [0.05, 0.1) is 11.6 Å². The van der Waals surface area contributed by atoms with Gasteiger partial charge in [-0.25, -0.2) is 0 Å². The van der Waals surface area contributed by atoms with E-state index in [9.17, 15) is 4.79 Å². The van der Waals surface area contributed by atoms with Crippen LogP contribution in [0.5, 0.6) is 0 Å². The number of aryl methyl sites for hydroxylation is 2. The second kappa shape index (κ2) is 6.39. The van der Waals surface area contributed by atoms with Crippen LogP contribution < -0.4 is 0 Å². The molecule has 1 aliphatic carbocycles. The van der Waals surface area contributed by atoms with Crippen LogP contribution in [0.2, 0.25) is 0 Å². The van der Waals surface area contributed by atoms with Crippen LogP contribution in [0.15, 0.2) is 4.52 Å². The maximum Gasteiger partial charge on any atom is 0.307 e. The number of aliphatic carboxylic acids is 1. The molecular weight excluding hydrogens is 256 g/mol. The molecular formula is C15H24N2O3. The Kier molecular flexibility index (Phi) is 4.81. The number of nitrogens with zero attached hydrogens (tertiary/aromatic N) is 2. The second-order valence-electron chi connectivity index (χ2n) is 5.91. The molecule has 1 aromatic heterocycles. The van der Waals surface area contributed by atoms with Crippen LogP contribution in [0.1, 0.15) is 49.6 Å². The summed E-state index contributed by atoms with van der Waals surface area (Å²) in [6.07, 6.45) is 4.81. The number of hydrogen-bond donors (Lipinski definition) is 1. The molecule has 0 spiro atoms. The molecule has 1 unspecified atom stereocenters. The zero-order valence-electron chi connectivity index (χ0n) is 12.6. The Morgan fingerprint density at radius 2 is 2.10 bits per heavy atom. The van der Waals surface area contributed by atoms with E-state index in [2.05, 4.69) is 10.1 Å². The fraction of sp³-hybridized carbons (Fsp3) is 0.733. The Labute approximate surface area is 119 Å². The van der Waals surface area contributed by atoms with Gasteiger partial charge < -0.3 is 9.63 Å². The summed E-state index contributed by atoms with van der Waals surface area (Å²) in [5.74, 6) is -0.240. The van der Waals surface area contributed by atoms with Crippen molar-refractivity contribution in [1.29, 1.82) is 0 Å². The van der Waals surface area contributed by atoms with Gasteiger partial charge in [0.15, 0.2) is 0 Å². The number of hydrogen-bond acceptors (Lipinski definition) is 4. The van der Waals surface area contributed by atoms with Crippen molar-refractivity contribution in [1.82, 2.24) is 10.1 Å². The van der Waals surface area contributed by atoms with Crippen molar-refractivity contribution in [2.75, 3.05) is 6.54 Å². The summed E-state index contributed by atoms with van der Waals surface area (Å²) in [5.41, 5.74) is 2.02. The predicted molar refractivity (Wildman–Crippen MR) is 75.4 cm³/mol. The van der Waals surface area contributed by atoms with Gasteiger partial charge in [-0.15, -0.1) is 0 Å². The third kappa shape index (κ3) is 3.39. The third-order valence-corrected chi connectivity index (χ3v) is 4.31. The number of carboxylic acid groups (broad SMARTS) is 1. The lowest BCUT2D eigenvalue weighted by Crippen LogP contribution is -2.38. The molecule has 0 amide bonds. The Morgan fingerprint density at radius 3 is 2.60 bits per heavy atom. The minimum atomic E-state index is -0.730. The third-order valence-electron chi connectivity index (χ3n) is 4.31. The van der Waals surface area contributed by atoms with Gasteiger partial charge in [-0.2, -0.15) is 0 Å². The molecule has 1 N–H and O–H groups in total. The minimum Gasteiger partial charge on any atom is -0.481 e. The molecule has 0 radical (unpaired) electrons. The van der Waals surface area contributed by atoms with Gasteiger partial charge in [-0.3, -0.25) is 9.69 Å². The number of carbonyl (C=O) groups is 1. The fourth-order valence-corrected chi connectivity index (χ4v) is 2.97. The van der Waals surface area contributed by atoms with Crippen molar-refractivity contribution in [2.24, 2.45) is 5.92 Å². The highest BCUT2D eigenvalue weighted by Gasteiger charge is 2.27. The van der Waals surface area contributed by atoms with Crippen molar-refractivity contribution in [3.8, 4) is 0 Å². The van der Waals surface area contributed by atoms with E-state index in [1.165, 1.54) is 12.8 Å². The maximum absolute atomic E-state index is 11.1. The first-order valence-electron chi connectivity index (χ1n) is 7.37. The summed E-state index contributed by atoms with van der Waals surface area (Å²) >= 11 is 0. The quantitative estimate of drug-likeness (QED) is 0.868. The number of carboxylic acids is 1. The Morgan fingerprint density at radius 1 is 1.45 bits per heavy atom. The lowest BCUT2D eigenvalue weighted by Gasteiger charge is -2.30. The molecule has 5 heteroatoms. The smallest absolute Gasteiger partial charge is 0.307 e. The first-order chi connectivity index (χ1) is 9.49. The molecule has 1 fully saturated rings. The molecule has 0 saturated heterocycles. The highest BCUT2D eigenvalue weighted by molar-refractivity contribution is 5.69. The Balaban J connectivity index is 2.11. The fourth-order valence-electron chi connectivity index (χ4n) is 2.97. The van der Waals surface area contributed by atoms with E-state index in [0.717, 1.165) is 36.4 Å². The van der Waals surface area contributed by atoms with Gasteiger partial charge in [0.1, 0.15) is 5.76 Å². The van der Waals surface area contributed by atoms with Crippen molar-refractivity contribution < 1.29 is 14.4 Å². The van der Waals surface area contributed by atoms with Crippen LogP contribution in [-0.4, -0.2) is 33.7 Å². The number of aromatic nitrogens is 1. The zero-order chi connectivity index (χ0) is 14.7. The lowest BCUT2D eigenvalue weighted by molar-refractivity contribution is -0.142. The van der Waals surface area contributed by atoms with Crippen molar-refractivity contribution >= 4 is 5.97 Å². The van der Waals surface area contributed by atoms with Gasteiger partial charge in [0, 0.05) is 24.7 Å². The summed E-state index contributed by atoms with van der Waals surface area (Å²) in [5, 5.41) is 13.1. The van der Waals surface area contributed by atoms with Gasteiger partial charge >= 0.3 is 5.97 Å². The summed E-state index contributed by atoms with van der Waals surface area (Å²) in [6, 6.07) is 0.491. The van der Waals surface area contributed by atoms with E-state index in [-0.39, 0.29) is 5.92 Å². The van der Waals surface area contributed by atoms with Gasteiger partial charge in [-0.05, 0) is 26.7 Å². The maximum atomic E-state index is 11.1. The van der Waals surface area contributed by atoms with E-state index >= 15 is 0 Å². The molecule has 1 aliphatic rings. The molecule has 0 aromatic carbocycles. The predicted octanol–water partition coefficient (Wildman–Crippen LogP) is 2.76. The van der Waals surface area contributed by atoms with Crippen LogP contribution in [0, 0.1) is 19.8 Å². The molecule has 1 saturated carbocycles. The molecule has 1 atom stereocenters. The largest absolute Gasteiger partial charge is 0.481 e. The molecule has 112 valence electrons. The van der Waals surface area contributed by atoms with Crippen LogP contribution in [0.4, 0.5) is 0 Å². The molecule has 1 aromatic rings. The first kappa shape index (κ1) is 15.0. The summed E-state index contributed by atoms with van der Waals surface area (Å²) in [6.45, 7) is 6.97. The van der Waals surface area contributed by atoms with Crippen LogP contribution in [0.25, 0.3) is 0 Å². The second-order valence-corrected chi connectivity index (χ2v) is 5.91. The summed E-state index contributed by atoms with van der Waals surface area (Å²) < 4.78 is 5.22. The van der Waals surface area contributed by atoms with Crippen LogP contribution >= 0.6 is 0 Å². The van der Waals surface area contributed by atoms with E-state index in [1.807, 2.05) is 13.8 Å². The minimum absolute atomic E-state index is 0.351. The normalized spacial score (nSPS) is 17.8. The summed E-state index contributed by atoms with van der Waals surface area (Å²) in [7, 11) is 0. The number of rotatable bonds is 6. The highest BCUT2D eigenvalue weighted by Crippen LogP contribution is 2.27. The van der Waals surface area contributed by atoms with Gasteiger partial charge in [0.25, 0.3) is 0 Å². The van der Waals surface area contributed by atoms with E-state index in [4.69, 9.17) is 9.63 Å². The monoisotopic (exact) mass is 280 g/mol. The highest BCUT2D eigenvalue weighted by atomic mass is 16.5. The first-order valence-corrected chi connectivity index (χ1v) is 7.37. The Bertz CT molecular complexity index is 444. The molecule has 0 bridgehead atoms. The van der Waals surface area contributed by atoms with Crippen molar-refractivity contribution in [3.63, 3.8) is 0 Å². The Hall–Kier alpha value is -1.36. The van der Waals surface area contributed by atoms with E-state index in [0.29, 0.717) is 12.6 Å². The van der Waals surface area contributed by atoms with Crippen LogP contribution in [0.3, 0.4) is 0 Å². The van der Waals surface area contributed by atoms with Crippen molar-refractivity contribution in [3.05, 3.63) is 17.0 Å². The SMILES string of the molecule is Cc1noc(C)c1CN(CC(C)C(=O)O)C1CCCC1. The van der Waals surface area contributed by atoms with Crippen LogP contribution in [-0.2, 0) is 11.3 Å². The van der Waals surface area contributed by atoms with Crippen molar-refractivity contribution in [2.45, 2.75) is 59.0 Å². The zero-order valence-corrected chi connectivity index (χ0v) is 12.6. The van der Waals surface area contributed by atoms with Gasteiger partial charge in [-0.1, -0.05) is 24.9 Å². The topological polar surface area (TPSA) is 66.6 Å².